The van der Waals surface area contributed by atoms with Crippen LogP contribution in [0.15, 0.2) is 85.1 Å². The predicted octanol–water partition coefficient (Wildman–Crippen LogP) is 4.25. The van der Waals surface area contributed by atoms with Crippen molar-refractivity contribution in [1.29, 1.82) is 0 Å². The van der Waals surface area contributed by atoms with Crippen LogP contribution in [0.1, 0.15) is 28.0 Å². The summed E-state index contributed by atoms with van der Waals surface area (Å²) < 4.78 is 1.66. The van der Waals surface area contributed by atoms with Crippen molar-refractivity contribution >= 4 is 28.7 Å². The molecule has 6 nitrogen and oxygen atoms in total. The van der Waals surface area contributed by atoms with E-state index in [-0.39, 0.29) is 23.3 Å². The predicted molar refractivity (Wildman–Crippen MR) is 113 cm³/mol. The number of fused-ring (bicyclic) bond motifs is 1. The van der Waals surface area contributed by atoms with Crippen molar-refractivity contribution in [3.05, 3.63) is 96.6 Å². The summed E-state index contributed by atoms with van der Waals surface area (Å²) in [6.45, 7) is 2.39. The number of nitrogens with one attached hydrogen (secondary N) is 1. The Morgan fingerprint density at radius 1 is 0.931 bits per heavy atom. The van der Waals surface area contributed by atoms with Crippen LogP contribution in [0.5, 0.6) is 0 Å². The average molecular weight is 384 g/mol. The van der Waals surface area contributed by atoms with Gasteiger partial charge in [0.2, 0.25) is 5.82 Å². The average Bonchev–Trinajstić information content (AvgIpc) is 3.16. The van der Waals surface area contributed by atoms with Crippen LogP contribution < -0.4 is 10.2 Å². The van der Waals surface area contributed by atoms with Gasteiger partial charge in [0.1, 0.15) is 0 Å². The molecule has 0 bridgehead atoms. The first kappa shape index (κ1) is 18.4. The van der Waals surface area contributed by atoms with Crippen molar-refractivity contribution in [2.45, 2.75) is 6.92 Å². The molecule has 0 saturated heterocycles. The molecule has 0 aliphatic heterocycles. The van der Waals surface area contributed by atoms with Gasteiger partial charge in [-0.3, -0.25) is 14.0 Å². The SMILES string of the molecule is CCN(C(=O)c1nc(C(=O)Nc2ccccc2)c2ccccn12)c1ccccc1. The molecule has 4 rings (SSSR count). The van der Waals surface area contributed by atoms with Crippen LogP contribution >= 0.6 is 0 Å². The molecule has 0 unspecified atom stereocenters. The molecule has 6 heteroatoms. The molecule has 1 N–H and O–H groups in total. The lowest BCUT2D eigenvalue weighted by molar-refractivity contribution is 0.0978. The summed E-state index contributed by atoms with van der Waals surface area (Å²) in [6.07, 6.45) is 1.74. The maximum atomic E-state index is 13.3. The summed E-state index contributed by atoms with van der Waals surface area (Å²) in [7, 11) is 0. The minimum atomic E-state index is -0.360. The molecule has 29 heavy (non-hydrogen) atoms. The molecule has 2 aromatic heterocycles. The van der Waals surface area contributed by atoms with Crippen molar-refractivity contribution < 1.29 is 9.59 Å². The zero-order chi connectivity index (χ0) is 20.2. The van der Waals surface area contributed by atoms with Gasteiger partial charge in [-0.05, 0) is 43.3 Å². The molecule has 0 radical (unpaired) electrons. The van der Waals surface area contributed by atoms with Crippen molar-refractivity contribution in [3.63, 3.8) is 0 Å². The molecule has 4 aromatic rings. The second-order valence-corrected chi connectivity index (χ2v) is 6.45. The summed E-state index contributed by atoms with van der Waals surface area (Å²) in [5, 5.41) is 2.84. The molecular weight excluding hydrogens is 364 g/mol. The summed E-state index contributed by atoms with van der Waals surface area (Å²) in [6, 6.07) is 24.0. The number of amides is 2. The van der Waals surface area contributed by atoms with Gasteiger partial charge in [0.25, 0.3) is 11.8 Å². The van der Waals surface area contributed by atoms with Gasteiger partial charge < -0.3 is 10.2 Å². The largest absolute Gasteiger partial charge is 0.321 e. The number of anilines is 2. The monoisotopic (exact) mass is 384 g/mol. The molecular formula is C23H20N4O2. The van der Waals surface area contributed by atoms with Gasteiger partial charge in [0.15, 0.2) is 5.69 Å². The van der Waals surface area contributed by atoms with Gasteiger partial charge in [-0.25, -0.2) is 4.98 Å². The Bertz CT molecular complexity index is 1150. The molecule has 144 valence electrons. The minimum Gasteiger partial charge on any atom is -0.321 e. The first-order valence-corrected chi connectivity index (χ1v) is 9.39. The highest BCUT2D eigenvalue weighted by molar-refractivity contribution is 6.10. The van der Waals surface area contributed by atoms with Crippen LogP contribution in [0.2, 0.25) is 0 Å². The highest BCUT2D eigenvalue weighted by Gasteiger charge is 2.25. The zero-order valence-electron chi connectivity index (χ0n) is 15.9. The number of rotatable bonds is 5. The van der Waals surface area contributed by atoms with Gasteiger partial charge in [0.05, 0.1) is 5.52 Å². The van der Waals surface area contributed by atoms with E-state index in [0.717, 1.165) is 5.69 Å². The molecule has 2 amide bonds. The van der Waals surface area contributed by atoms with Crippen molar-refractivity contribution in [2.24, 2.45) is 0 Å². The molecule has 0 aliphatic rings. The van der Waals surface area contributed by atoms with Crippen LogP contribution in [0, 0.1) is 0 Å². The third-order valence-corrected chi connectivity index (χ3v) is 4.62. The highest BCUT2D eigenvalue weighted by atomic mass is 16.2. The minimum absolute atomic E-state index is 0.199. The lowest BCUT2D eigenvalue weighted by Crippen LogP contribution is -2.32. The summed E-state index contributed by atoms with van der Waals surface area (Å²) in [5.74, 6) is -0.426. The van der Waals surface area contributed by atoms with E-state index >= 15 is 0 Å². The van der Waals surface area contributed by atoms with Gasteiger partial charge in [0, 0.05) is 24.1 Å². The van der Waals surface area contributed by atoms with Gasteiger partial charge in [-0.15, -0.1) is 0 Å². The maximum Gasteiger partial charge on any atom is 0.294 e. The van der Waals surface area contributed by atoms with Gasteiger partial charge in [-0.1, -0.05) is 42.5 Å². The fraction of sp³-hybridized carbons (Fsp3) is 0.0870. The van der Waals surface area contributed by atoms with Crippen LogP contribution in [0.4, 0.5) is 11.4 Å². The van der Waals surface area contributed by atoms with Crippen molar-refractivity contribution in [2.75, 3.05) is 16.8 Å². The smallest absolute Gasteiger partial charge is 0.294 e. The number of aromatic nitrogens is 2. The van der Waals surface area contributed by atoms with Crippen molar-refractivity contribution in [3.8, 4) is 0 Å². The van der Waals surface area contributed by atoms with Crippen LogP contribution in [-0.2, 0) is 0 Å². The number of nitrogens with zero attached hydrogens (tertiary/aromatic N) is 3. The third kappa shape index (κ3) is 3.60. The van der Waals surface area contributed by atoms with Crippen LogP contribution in [-0.4, -0.2) is 27.7 Å². The first-order valence-electron chi connectivity index (χ1n) is 9.39. The zero-order valence-corrected chi connectivity index (χ0v) is 15.9. The van der Waals surface area contributed by atoms with E-state index in [0.29, 0.717) is 17.7 Å². The highest BCUT2D eigenvalue weighted by Crippen LogP contribution is 2.20. The quantitative estimate of drug-likeness (QED) is 0.559. The lowest BCUT2D eigenvalue weighted by atomic mass is 10.3. The van der Waals surface area contributed by atoms with E-state index in [1.165, 1.54) is 0 Å². The number of benzene rings is 2. The lowest BCUT2D eigenvalue weighted by Gasteiger charge is -2.20. The van der Waals surface area contributed by atoms with E-state index in [4.69, 9.17) is 0 Å². The third-order valence-electron chi connectivity index (χ3n) is 4.62. The second kappa shape index (κ2) is 7.98. The Kier molecular flexibility index (Phi) is 5.07. The Labute approximate surface area is 168 Å². The van der Waals surface area contributed by atoms with Crippen LogP contribution in [0.25, 0.3) is 5.52 Å². The van der Waals surface area contributed by atoms with E-state index in [1.807, 2.05) is 67.6 Å². The van der Waals surface area contributed by atoms with Gasteiger partial charge >= 0.3 is 0 Å². The maximum absolute atomic E-state index is 13.3. The Balaban J connectivity index is 1.74. The Morgan fingerprint density at radius 2 is 1.59 bits per heavy atom. The topological polar surface area (TPSA) is 66.7 Å². The number of para-hydroxylation sites is 2. The van der Waals surface area contributed by atoms with E-state index < -0.39 is 0 Å². The Hall–Kier alpha value is -3.93. The van der Waals surface area contributed by atoms with E-state index in [2.05, 4.69) is 10.3 Å². The molecule has 2 heterocycles. The number of pyridine rings is 1. The molecule has 0 saturated carbocycles. The number of imidazole rings is 1. The van der Waals surface area contributed by atoms with E-state index in [1.54, 1.807) is 33.7 Å². The molecule has 2 aromatic carbocycles. The first-order chi connectivity index (χ1) is 14.2. The molecule has 0 atom stereocenters. The fourth-order valence-electron chi connectivity index (χ4n) is 3.24. The number of carbonyl (C=O) groups excluding carboxylic acids is 2. The summed E-state index contributed by atoms with van der Waals surface area (Å²) in [4.78, 5) is 32.2. The molecule has 0 spiro atoms. The molecule has 0 aliphatic carbocycles. The number of hydrogen-bond donors (Lipinski definition) is 1. The normalized spacial score (nSPS) is 10.7. The van der Waals surface area contributed by atoms with Crippen molar-refractivity contribution in [1.82, 2.24) is 9.38 Å². The second-order valence-electron chi connectivity index (χ2n) is 6.45. The number of hydrogen-bond acceptors (Lipinski definition) is 3. The standard InChI is InChI=1S/C23H20N4O2/c1-2-26(18-13-7-4-8-14-18)23(29)21-25-20(19-15-9-10-16-27(19)21)22(28)24-17-11-5-3-6-12-17/h3-16H,2H2,1H3,(H,24,28). The van der Waals surface area contributed by atoms with Gasteiger partial charge in [-0.2, -0.15) is 0 Å². The number of carbonyl (C=O) groups is 2. The summed E-state index contributed by atoms with van der Waals surface area (Å²) in [5.41, 5.74) is 2.24. The van der Waals surface area contributed by atoms with Crippen LogP contribution in [0.3, 0.4) is 0 Å². The van der Waals surface area contributed by atoms with E-state index in [9.17, 15) is 9.59 Å². The summed E-state index contributed by atoms with van der Waals surface area (Å²) >= 11 is 0. The Morgan fingerprint density at radius 3 is 2.28 bits per heavy atom. The molecule has 0 fully saturated rings. The fourth-order valence-corrected chi connectivity index (χ4v) is 3.24.